The van der Waals surface area contributed by atoms with Gasteiger partial charge in [0, 0.05) is 18.0 Å². The molecule has 1 aliphatic heterocycles. The second-order valence-corrected chi connectivity index (χ2v) is 6.22. The number of fused-ring (bicyclic) bond motifs is 1. The highest BCUT2D eigenvalue weighted by Gasteiger charge is 2.28. The van der Waals surface area contributed by atoms with Gasteiger partial charge in [-0.1, -0.05) is 0 Å². The lowest BCUT2D eigenvalue weighted by Gasteiger charge is -2.29. The number of carbonyl (C=O) groups excluding carboxylic acids is 1. The third kappa shape index (κ3) is 3.16. The Morgan fingerprint density at radius 3 is 3.13 bits per heavy atom. The van der Waals surface area contributed by atoms with Crippen molar-refractivity contribution in [3.63, 3.8) is 0 Å². The third-order valence-electron chi connectivity index (χ3n) is 3.69. The minimum atomic E-state index is -0.807. The molecule has 120 valence electrons. The van der Waals surface area contributed by atoms with Crippen molar-refractivity contribution in [2.24, 2.45) is 0 Å². The van der Waals surface area contributed by atoms with Crippen LogP contribution in [0.15, 0.2) is 29.8 Å². The van der Waals surface area contributed by atoms with E-state index >= 15 is 0 Å². The van der Waals surface area contributed by atoms with Gasteiger partial charge in [-0.25, -0.2) is 0 Å². The zero-order chi connectivity index (χ0) is 16.4. The van der Waals surface area contributed by atoms with Gasteiger partial charge >= 0.3 is 5.82 Å². The Bertz CT molecular complexity index is 746. The van der Waals surface area contributed by atoms with E-state index in [-0.39, 0.29) is 17.5 Å². The molecule has 0 fully saturated rings. The van der Waals surface area contributed by atoms with Gasteiger partial charge in [-0.05, 0) is 52.4 Å². The van der Waals surface area contributed by atoms with Crippen molar-refractivity contribution in [2.75, 3.05) is 6.54 Å². The van der Waals surface area contributed by atoms with E-state index in [1.165, 1.54) is 23.2 Å². The maximum atomic E-state index is 12.5. The summed E-state index contributed by atoms with van der Waals surface area (Å²) in [5.74, 6) is -0.558. The second-order valence-electron chi connectivity index (χ2n) is 5.22. The number of thiophene rings is 1. The molecule has 1 amide bonds. The number of ether oxygens (including phenoxy) is 1. The number of hydrogen-bond donors (Lipinski definition) is 0. The number of aromatic nitrogens is 1. The van der Waals surface area contributed by atoms with Crippen molar-refractivity contribution >= 4 is 23.1 Å². The first-order valence-electron chi connectivity index (χ1n) is 7.16. The molecule has 0 N–H and O–H groups in total. The van der Waals surface area contributed by atoms with Crippen LogP contribution < -0.4 is 4.74 Å². The first-order chi connectivity index (χ1) is 11.1. The van der Waals surface area contributed by atoms with Gasteiger partial charge in [0.25, 0.3) is 5.91 Å². The summed E-state index contributed by atoms with van der Waals surface area (Å²) < 4.78 is 5.50. The van der Waals surface area contributed by atoms with Crippen molar-refractivity contribution in [3.05, 3.63) is 50.3 Å². The summed E-state index contributed by atoms with van der Waals surface area (Å²) in [7, 11) is 0. The topological polar surface area (TPSA) is 85.6 Å². The lowest BCUT2D eigenvalue weighted by Crippen LogP contribution is -2.42. The van der Waals surface area contributed by atoms with Crippen LogP contribution in [-0.2, 0) is 17.8 Å². The molecular weight excluding hydrogens is 318 g/mol. The van der Waals surface area contributed by atoms with Crippen LogP contribution in [0.2, 0.25) is 0 Å². The molecule has 2 aromatic heterocycles. The van der Waals surface area contributed by atoms with Crippen LogP contribution in [0.4, 0.5) is 5.82 Å². The summed E-state index contributed by atoms with van der Waals surface area (Å²) >= 11 is 1.70. The van der Waals surface area contributed by atoms with Gasteiger partial charge in [0.15, 0.2) is 6.10 Å². The molecule has 3 rings (SSSR count). The fourth-order valence-corrected chi connectivity index (χ4v) is 3.44. The number of carbonyl (C=O) groups is 1. The summed E-state index contributed by atoms with van der Waals surface area (Å²) in [6.07, 6.45) is 1.34. The summed E-state index contributed by atoms with van der Waals surface area (Å²) in [6.45, 7) is 2.79. The van der Waals surface area contributed by atoms with Crippen LogP contribution >= 0.6 is 11.3 Å². The van der Waals surface area contributed by atoms with Crippen LogP contribution in [0.5, 0.6) is 5.75 Å². The summed E-state index contributed by atoms with van der Waals surface area (Å²) in [6, 6.07) is 5.01. The molecule has 0 saturated heterocycles. The van der Waals surface area contributed by atoms with E-state index in [9.17, 15) is 14.9 Å². The Morgan fingerprint density at radius 2 is 2.35 bits per heavy atom. The first-order valence-corrected chi connectivity index (χ1v) is 8.04. The highest BCUT2D eigenvalue weighted by molar-refractivity contribution is 7.10. The first kappa shape index (κ1) is 15.4. The molecule has 0 saturated carbocycles. The van der Waals surface area contributed by atoms with Gasteiger partial charge in [-0.15, -0.1) is 11.3 Å². The number of nitrogens with zero attached hydrogens (tertiary/aromatic N) is 3. The number of rotatable bonds is 4. The molecule has 0 aromatic carbocycles. The predicted molar refractivity (Wildman–Crippen MR) is 84.4 cm³/mol. The van der Waals surface area contributed by atoms with Crippen LogP contribution in [0.3, 0.4) is 0 Å². The molecule has 8 heteroatoms. The zero-order valence-corrected chi connectivity index (χ0v) is 13.3. The van der Waals surface area contributed by atoms with E-state index in [2.05, 4.69) is 4.98 Å². The smallest absolute Gasteiger partial charge is 0.406 e. The van der Waals surface area contributed by atoms with Gasteiger partial charge in [0.05, 0.1) is 0 Å². The molecule has 0 spiro atoms. The Labute approximate surface area is 136 Å². The van der Waals surface area contributed by atoms with E-state index in [1.54, 1.807) is 23.2 Å². The van der Waals surface area contributed by atoms with E-state index in [0.29, 0.717) is 13.1 Å². The standard InChI is InChI=1S/C15H15N3O4S/c1-10(22-12-3-2-6-16-14(12)18(20)21)15(19)17-7-4-13-11(9-17)5-8-23-13/h2-3,5-6,8,10H,4,7,9H2,1H3/t10-/m1/s1. The Balaban J connectivity index is 1.70. The minimum absolute atomic E-state index is 0.00609. The molecule has 0 radical (unpaired) electrons. The van der Waals surface area contributed by atoms with E-state index in [0.717, 1.165) is 12.0 Å². The van der Waals surface area contributed by atoms with Gasteiger partial charge < -0.3 is 19.8 Å². The molecule has 1 aliphatic rings. The molecule has 1 atom stereocenters. The number of pyridine rings is 1. The maximum Gasteiger partial charge on any atom is 0.406 e. The van der Waals surface area contributed by atoms with Gasteiger partial charge in [-0.3, -0.25) is 4.79 Å². The van der Waals surface area contributed by atoms with Gasteiger partial charge in [0.1, 0.15) is 6.20 Å². The highest BCUT2D eigenvalue weighted by atomic mass is 32.1. The monoisotopic (exact) mass is 333 g/mol. The van der Waals surface area contributed by atoms with Crippen molar-refractivity contribution in [3.8, 4) is 5.75 Å². The molecule has 3 heterocycles. The fourth-order valence-electron chi connectivity index (χ4n) is 2.55. The Morgan fingerprint density at radius 1 is 1.52 bits per heavy atom. The molecule has 0 bridgehead atoms. The number of hydrogen-bond acceptors (Lipinski definition) is 6. The highest BCUT2D eigenvalue weighted by Crippen LogP contribution is 2.27. The Hall–Kier alpha value is -2.48. The quantitative estimate of drug-likeness (QED) is 0.633. The number of nitro groups is 1. The van der Waals surface area contributed by atoms with Crippen LogP contribution in [-0.4, -0.2) is 33.4 Å². The maximum absolute atomic E-state index is 12.5. The molecular formula is C15H15N3O4S. The Kier molecular flexibility index (Phi) is 4.24. The SMILES string of the molecule is C[C@@H](Oc1cccnc1[N+](=O)[O-])C(=O)N1CCc2sccc2C1. The molecule has 2 aromatic rings. The fraction of sp³-hybridized carbons (Fsp3) is 0.333. The van der Waals surface area contributed by atoms with Crippen LogP contribution in [0.1, 0.15) is 17.4 Å². The van der Waals surface area contributed by atoms with Gasteiger partial charge in [0.2, 0.25) is 5.75 Å². The number of amides is 1. The third-order valence-corrected chi connectivity index (χ3v) is 4.72. The molecule has 0 aliphatic carbocycles. The van der Waals surface area contributed by atoms with Crippen molar-refractivity contribution < 1.29 is 14.5 Å². The average molecular weight is 333 g/mol. The molecule has 7 nitrogen and oxygen atoms in total. The van der Waals surface area contributed by atoms with Crippen LogP contribution in [0.25, 0.3) is 0 Å². The molecule has 0 unspecified atom stereocenters. The van der Waals surface area contributed by atoms with E-state index < -0.39 is 11.0 Å². The summed E-state index contributed by atoms with van der Waals surface area (Å²) in [4.78, 5) is 29.6. The van der Waals surface area contributed by atoms with Crippen molar-refractivity contribution in [1.82, 2.24) is 9.88 Å². The zero-order valence-electron chi connectivity index (χ0n) is 12.5. The second kappa shape index (κ2) is 6.33. The predicted octanol–water partition coefficient (Wildman–Crippen LogP) is 2.40. The lowest BCUT2D eigenvalue weighted by atomic mass is 10.1. The van der Waals surface area contributed by atoms with Crippen molar-refractivity contribution in [2.45, 2.75) is 26.0 Å². The minimum Gasteiger partial charge on any atom is -0.473 e. The largest absolute Gasteiger partial charge is 0.473 e. The van der Waals surface area contributed by atoms with Gasteiger partial charge in [-0.2, -0.15) is 0 Å². The normalized spacial score (nSPS) is 14.9. The van der Waals surface area contributed by atoms with E-state index in [1.807, 2.05) is 11.4 Å². The van der Waals surface area contributed by atoms with Crippen molar-refractivity contribution in [1.29, 1.82) is 0 Å². The average Bonchev–Trinajstić information content (AvgIpc) is 3.01. The van der Waals surface area contributed by atoms with E-state index in [4.69, 9.17) is 4.74 Å². The lowest BCUT2D eigenvalue weighted by molar-refractivity contribution is -0.390. The molecule has 23 heavy (non-hydrogen) atoms. The summed E-state index contributed by atoms with van der Waals surface area (Å²) in [5.41, 5.74) is 1.16. The summed E-state index contributed by atoms with van der Waals surface area (Å²) in [5, 5.41) is 13.0. The van der Waals surface area contributed by atoms with Crippen LogP contribution in [0, 0.1) is 10.1 Å².